The zero-order valence-corrected chi connectivity index (χ0v) is 6.21. The van der Waals surface area contributed by atoms with Crippen LogP contribution in [-0.4, -0.2) is 6.61 Å². The van der Waals surface area contributed by atoms with Crippen LogP contribution in [0, 0.1) is 6.07 Å². The van der Waals surface area contributed by atoms with E-state index in [9.17, 15) is 0 Å². The SMILES string of the molecule is C=CCOc1c[c]ccc1N. The fourth-order valence-corrected chi connectivity index (χ4v) is 0.701. The quantitative estimate of drug-likeness (QED) is 0.522. The van der Waals surface area contributed by atoms with Gasteiger partial charge in [-0.25, -0.2) is 0 Å². The van der Waals surface area contributed by atoms with E-state index < -0.39 is 0 Å². The van der Waals surface area contributed by atoms with Gasteiger partial charge in [-0.3, -0.25) is 0 Å². The van der Waals surface area contributed by atoms with Crippen molar-refractivity contribution in [2.45, 2.75) is 0 Å². The van der Waals surface area contributed by atoms with Gasteiger partial charge in [0, 0.05) is 0 Å². The number of ether oxygens (including phenoxy) is 1. The van der Waals surface area contributed by atoms with Crippen molar-refractivity contribution in [2.24, 2.45) is 0 Å². The second-order valence-electron chi connectivity index (χ2n) is 2.06. The molecule has 1 aromatic rings. The van der Waals surface area contributed by atoms with Crippen LogP contribution in [0.4, 0.5) is 5.69 Å². The van der Waals surface area contributed by atoms with Crippen molar-refractivity contribution in [1.29, 1.82) is 0 Å². The highest BCUT2D eigenvalue weighted by molar-refractivity contribution is 5.51. The van der Waals surface area contributed by atoms with Crippen LogP contribution in [0.1, 0.15) is 0 Å². The molecule has 2 heteroatoms. The highest BCUT2D eigenvalue weighted by atomic mass is 16.5. The smallest absolute Gasteiger partial charge is 0.143 e. The van der Waals surface area contributed by atoms with E-state index in [1.165, 1.54) is 0 Å². The molecule has 0 saturated heterocycles. The summed E-state index contributed by atoms with van der Waals surface area (Å²) in [5, 5.41) is 0. The summed E-state index contributed by atoms with van der Waals surface area (Å²) in [7, 11) is 0. The first kappa shape index (κ1) is 7.66. The number of nitrogens with two attached hydrogens (primary N) is 1. The number of hydrogen-bond donors (Lipinski definition) is 1. The minimum absolute atomic E-state index is 0.474. The lowest BCUT2D eigenvalue weighted by Crippen LogP contribution is -1.96. The average Bonchev–Trinajstić information content (AvgIpc) is 2.03. The van der Waals surface area contributed by atoms with Crippen LogP contribution in [0.3, 0.4) is 0 Å². The van der Waals surface area contributed by atoms with Gasteiger partial charge in [0.25, 0.3) is 0 Å². The number of anilines is 1. The molecule has 2 N–H and O–H groups in total. The van der Waals surface area contributed by atoms with Gasteiger partial charge in [0.05, 0.1) is 5.69 Å². The van der Waals surface area contributed by atoms with Crippen LogP contribution in [0.2, 0.25) is 0 Å². The van der Waals surface area contributed by atoms with Crippen LogP contribution in [0.5, 0.6) is 5.75 Å². The van der Waals surface area contributed by atoms with Crippen LogP contribution in [-0.2, 0) is 0 Å². The first-order valence-electron chi connectivity index (χ1n) is 3.34. The lowest BCUT2D eigenvalue weighted by atomic mass is 10.3. The molecule has 0 aromatic heterocycles. The molecule has 0 unspecified atom stereocenters. The van der Waals surface area contributed by atoms with E-state index in [0.717, 1.165) is 0 Å². The fraction of sp³-hybridized carbons (Fsp3) is 0.111. The molecule has 2 nitrogen and oxygen atoms in total. The molecule has 0 fully saturated rings. The summed E-state index contributed by atoms with van der Waals surface area (Å²) in [5.74, 6) is 0.660. The van der Waals surface area contributed by atoms with Crippen molar-refractivity contribution < 1.29 is 4.74 Å². The molecule has 1 rings (SSSR count). The molecule has 0 aliphatic carbocycles. The minimum atomic E-state index is 0.474. The van der Waals surface area contributed by atoms with Crippen LogP contribution >= 0.6 is 0 Å². The molecule has 1 radical (unpaired) electrons. The molecule has 0 amide bonds. The number of nitrogen functional groups attached to an aromatic ring is 1. The van der Waals surface area contributed by atoms with Crippen molar-refractivity contribution >= 4 is 5.69 Å². The van der Waals surface area contributed by atoms with Crippen molar-refractivity contribution in [1.82, 2.24) is 0 Å². The summed E-state index contributed by atoms with van der Waals surface area (Å²) >= 11 is 0. The van der Waals surface area contributed by atoms with Gasteiger partial charge in [-0.15, -0.1) is 0 Å². The Morgan fingerprint density at radius 2 is 2.55 bits per heavy atom. The second-order valence-corrected chi connectivity index (χ2v) is 2.06. The zero-order valence-electron chi connectivity index (χ0n) is 6.21. The molecule has 0 spiro atoms. The topological polar surface area (TPSA) is 35.2 Å². The summed E-state index contributed by atoms with van der Waals surface area (Å²) in [4.78, 5) is 0. The Hall–Kier alpha value is -1.44. The van der Waals surface area contributed by atoms with Crippen LogP contribution in [0.15, 0.2) is 30.9 Å². The maximum absolute atomic E-state index is 5.58. The fourth-order valence-electron chi connectivity index (χ4n) is 0.701. The third-order valence-corrected chi connectivity index (χ3v) is 1.21. The molecular formula is C9H10NO. The predicted molar refractivity (Wildman–Crippen MR) is 45.4 cm³/mol. The molecule has 0 aliphatic heterocycles. The van der Waals surface area contributed by atoms with Gasteiger partial charge >= 0.3 is 0 Å². The van der Waals surface area contributed by atoms with Crippen molar-refractivity contribution in [2.75, 3.05) is 12.3 Å². The number of hydrogen-bond acceptors (Lipinski definition) is 2. The van der Waals surface area contributed by atoms with Gasteiger partial charge in [-0.05, 0) is 18.2 Å². The van der Waals surface area contributed by atoms with Gasteiger partial charge in [0.1, 0.15) is 12.4 Å². The molecule has 0 heterocycles. The highest BCUT2D eigenvalue weighted by Crippen LogP contribution is 2.18. The van der Waals surface area contributed by atoms with E-state index in [1.54, 1.807) is 24.3 Å². The van der Waals surface area contributed by atoms with Crippen LogP contribution < -0.4 is 10.5 Å². The number of benzene rings is 1. The molecule has 0 saturated carbocycles. The molecular weight excluding hydrogens is 138 g/mol. The van der Waals surface area contributed by atoms with Gasteiger partial charge in [-0.2, -0.15) is 0 Å². The molecule has 57 valence electrons. The summed E-state index contributed by atoms with van der Waals surface area (Å²) in [6.45, 7) is 4.00. The Labute approximate surface area is 66.3 Å². The maximum Gasteiger partial charge on any atom is 0.143 e. The molecule has 0 atom stereocenters. The van der Waals surface area contributed by atoms with E-state index in [-0.39, 0.29) is 0 Å². The normalized spacial score (nSPS) is 9.09. The third kappa shape index (κ3) is 2.00. The van der Waals surface area contributed by atoms with E-state index in [4.69, 9.17) is 10.5 Å². The van der Waals surface area contributed by atoms with Gasteiger partial charge in [-0.1, -0.05) is 18.7 Å². The Morgan fingerprint density at radius 1 is 1.73 bits per heavy atom. The van der Waals surface area contributed by atoms with Gasteiger partial charge in [0.2, 0.25) is 0 Å². The van der Waals surface area contributed by atoms with E-state index >= 15 is 0 Å². The summed E-state index contributed by atoms with van der Waals surface area (Å²) < 4.78 is 5.21. The Balaban J connectivity index is 2.69. The Morgan fingerprint density at radius 3 is 3.18 bits per heavy atom. The molecule has 0 aliphatic rings. The van der Waals surface area contributed by atoms with Gasteiger partial charge in [0.15, 0.2) is 0 Å². The molecule has 1 aromatic carbocycles. The predicted octanol–water partition coefficient (Wildman–Crippen LogP) is 1.63. The first-order valence-corrected chi connectivity index (χ1v) is 3.34. The standard InChI is InChI=1S/C9H10NO/c1-2-7-11-9-6-4-3-5-8(9)10/h2-3,5-6H,1,7,10H2. The van der Waals surface area contributed by atoms with Crippen molar-refractivity contribution in [3.8, 4) is 5.75 Å². The third-order valence-electron chi connectivity index (χ3n) is 1.21. The summed E-state index contributed by atoms with van der Waals surface area (Å²) in [6, 6.07) is 8.07. The number of rotatable bonds is 3. The van der Waals surface area contributed by atoms with Crippen LogP contribution in [0.25, 0.3) is 0 Å². The van der Waals surface area contributed by atoms with Crippen molar-refractivity contribution in [3.05, 3.63) is 36.9 Å². The van der Waals surface area contributed by atoms with Crippen molar-refractivity contribution in [3.63, 3.8) is 0 Å². The first-order chi connectivity index (χ1) is 5.34. The van der Waals surface area contributed by atoms with E-state index in [0.29, 0.717) is 18.0 Å². The average molecular weight is 148 g/mol. The minimum Gasteiger partial charge on any atom is -0.487 e. The lowest BCUT2D eigenvalue weighted by Gasteiger charge is -2.04. The lowest BCUT2D eigenvalue weighted by molar-refractivity contribution is 0.365. The Kier molecular flexibility index (Phi) is 2.55. The molecule has 11 heavy (non-hydrogen) atoms. The van der Waals surface area contributed by atoms with Gasteiger partial charge < -0.3 is 10.5 Å². The zero-order chi connectivity index (χ0) is 8.10. The Bertz CT molecular complexity index is 245. The second kappa shape index (κ2) is 3.66. The van der Waals surface area contributed by atoms with E-state index in [2.05, 4.69) is 12.6 Å². The monoisotopic (exact) mass is 148 g/mol. The maximum atomic E-state index is 5.58. The largest absolute Gasteiger partial charge is 0.487 e. The summed E-state index contributed by atoms with van der Waals surface area (Å²) in [6.07, 6.45) is 1.67. The highest BCUT2D eigenvalue weighted by Gasteiger charge is 1.94. The molecule has 0 bridgehead atoms. The van der Waals surface area contributed by atoms with E-state index in [1.807, 2.05) is 0 Å². The summed E-state index contributed by atoms with van der Waals surface area (Å²) in [5.41, 5.74) is 6.21.